The van der Waals surface area contributed by atoms with E-state index in [0.717, 1.165) is 4.31 Å². The Bertz CT molecular complexity index is 802. The zero-order valence-electron chi connectivity index (χ0n) is 12.5. The van der Waals surface area contributed by atoms with Gasteiger partial charge in [-0.15, -0.1) is 0 Å². The second-order valence-corrected chi connectivity index (χ2v) is 7.91. The maximum atomic E-state index is 13.0. The van der Waals surface area contributed by atoms with Gasteiger partial charge in [0.1, 0.15) is 5.54 Å². The van der Waals surface area contributed by atoms with Crippen LogP contribution in [0.15, 0.2) is 23.1 Å². The van der Waals surface area contributed by atoms with Crippen molar-refractivity contribution in [1.29, 1.82) is 0 Å². The molecule has 23 heavy (non-hydrogen) atoms. The molecule has 1 aliphatic carbocycles. The number of hydrogen-bond donors (Lipinski definition) is 2. The van der Waals surface area contributed by atoms with Crippen LogP contribution in [0.25, 0.3) is 0 Å². The molecule has 2 fully saturated rings. The Morgan fingerprint density at radius 1 is 1.30 bits per heavy atom. The van der Waals surface area contributed by atoms with Gasteiger partial charge in [0.25, 0.3) is 0 Å². The molecule has 2 N–H and O–H groups in total. The molecule has 8 heteroatoms. The Morgan fingerprint density at radius 2 is 2.00 bits per heavy atom. The van der Waals surface area contributed by atoms with Crippen LogP contribution in [0.5, 0.6) is 0 Å². The van der Waals surface area contributed by atoms with Crippen molar-refractivity contribution in [2.24, 2.45) is 5.92 Å². The van der Waals surface area contributed by atoms with E-state index in [2.05, 4.69) is 0 Å². The maximum absolute atomic E-state index is 13.0. The minimum Gasteiger partial charge on any atom is -0.480 e. The third-order valence-corrected chi connectivity index (χ3v) is 6.97. The Morgan fingerprint density at radius 3 is 2.61 bits per heavy atom. The summed E-state index contributed by atoms with van der Waals surface area (Å²) in [7, 11) is -4.07. The van der Waals surface area contributed by atoms with Crippen LogP contribution in [0.1, 0.15) is 35.2 Å². The summed E-state index contributed by atoms with van der Waals surface area (Å²) in [4.78, 5) is 22.8. The number of hydrogen-bond acceptors (Lipinski definition) is 4. The number of carboxylic acid groups (broad SMARTS) is 2. The highest BCUT2D eigenvalue weighted by molar-refractivity contribution is 7.89. The maximum Gasteiger partial charge on any atom is 0.335 e. The molecule has 7 nitrogen and oxygen atoms in total. The molecule has 0 radical (unpaired) electrons. The molecule has 2 aliphatic rings. The lowest BCUT2D eigenvalue weighted by molar-refractivity contribution is -0.144. The van der Waals surface area contributed by atoms with Crippen LogP contribution in [0.3, 0.4) is 0 Å². The number of carbonyl (C=O) groups is 2. The largest absolute Gasteiger partial charge is 0.480 e. The lowest BCUT2D eigenvalue weighted by Crippen LogP contribution is -2.51. The molecule has 1 saturated heterocycles. The number of sulfonamides is 1. The lowest BCUT2D eigenvalue weighted by atomic mass is 10.1. The Labute approximate surface area is 133 Å². The van der Waals surface area contributed by atoms with Crippen molar-refractivity contribution in [3.05, 3.63) is 29.3 Å². The third kappa shape index (κ3) is 2.16. The van der Waals surface area contributed by atoms with Crippen molar-refractivity contribution >= 4 is 22.0 Å². The summed E-state index contributed by atoms with van der Waals surface area (Å²) in [6, 6.07) is 4.03. The van der Waals surface area contributed by atoms with Gasteiger partial charge in [-0.25, -0.2) is 13.2 Å². The summed E-state index contributed by atoms with van der Waals surface area (Å²) in [6.07, 6.45) is 1.63. The second-order valence-electron chi connectivity index (χ2n) is 6.08. The second kappa shape index (κ2) is 5.04. The van der Waals surface area contributed by atoms with E-state index < -0.39 is 27.5 Å². The summed E-state index contributed by atoms with van der Waals surface area (Å²) >= 11 is 0. The Balaban J connectivity index is 2.11. The van der Waals surface area contributed by atoms with Crippen molar-refractivity contribution < 1.29 is 28.2 Å². The molecule has 1 saturated carbocycles. The first-order valence-corrected chi connectivity index (χ1v) is 8.76. The predicted molar refractivity (Wildman–Crippen MR) is 79.7 cm³/mol. The van der Waals surface area contributed by atoms with Gasteiger partial charge in [0.05, 0.1) is 10.5 Å². The van der Waals surface area contributed by atoms with Gasteiger partial charge in [-0.05, 0) is 49.8 Å². The summed E-state index contributed by atoms with van der Waals surface area (Å²) in [5.74, 6) is -2.50. The van der Waals surface area contributed by atoms with Crippen LogP contribution in [0.2, 0.25) is 0 Å². The van der Waals surface area contributed by atoms with E-state index in [1.165, 1.54) is 25.1 Å². The topological polar surface area (TPSA) is 112 Å². The van der Waals surface area contributed by atoms with Gasteiger partial charge in [0.15, 0.2) is 0 Å². The first-order valence-electron chi connectivity index (χ1n) is 7.32. The number of aliphatic carboxylic acids is 1. The molecule has 1 aromatic carbocycles. The number of fused-ring (bicyclic) bond motifs is 1. The highest BCUT2D eigenvalue weighted by Crippen LogP contribution is 2.56. The van der Waals surface area contributed by atoms with Gasteiger partial charge in [-0.2, -0.15) is 4.31 Å². The number of benzene rings is 1. The fourth-order valence-electron chi connectivity index (χ4n) is 3.59. The molecular weight excluding hydrogens is 322 g/mol. The summed E-state index contributed by atoms with van der Waals surface area (Å²) in [6.45, 7) is 1.57. The zero-order valence-corrected chi connectivity index (χ0v) is 13.3. The van der Waals surface area contributed by atoms with Crippen LogP contribution in [0, 0.1) is 12.8 Å². The number of nitrogens with zero attached hydrogens (tertiary/aromatic N) is 1. The zero-order chi connectivity index (χ0) is 17.0. The molecule has 124 valence electrons. The van der Waals surface area contributed by atoms with Crippen molar-refractivity contribution in [2.75, 3.05) is 6.54 Å². The molecule has 0 unspecified atom stereocenters. The monoisotopic (exact) mass is 339 g/mol. The van der Waals surface area contributed by atoms with E-state index in [0.29, 0.717) is 19.3 Å². The van der Waals surface area contributed by atoms with Gasteiger partial charge >= 0.3 is 11.9 Å². The van der Waals surface area contributed by atoms with E-state index in [9.17, 15) is 23.1 Å². The normalized spacial score (nSPS) is 27.3. The quantitative estimate of drug-likeness (QED) is 0.855. The van der Waals surface area contributed by atoms with E-state index in [4.69, 9.17) is 5.11 Å². The fourth-order valence-corrected chi connectivity index (χ4v) is 5.68. The average Bonchev–Trinajstić information content (AvgIpc) is 3.22. The van der Waals surface area contributed by atoms with Gasteiger partial charge in [-0.1, -0.05) is 6.07 Å². The molecule has 2 atom stereocenters. The summed E-state index contributed by atoms with van der Waals surface area (Å²) < 4.78 is 27.1. The highest BCUT2D eigenvalue weighted by atomic mass is 32.2. The van der Waals surface area contributed by atoms with Gasteiger partial charge in [0.2, 0.25) is 10.0 Å². The first-order chi connectivity index (χ1) is 10.7. The Hall–Kier alpha value is -1.93. The molecule has 0 bridgehead atoms. The number of carboxylic acids is 2. The predicted octanol–water partition coefficient (Wildman–Crippen LogP) is 1.32. The molecule has 0 aromatic heterocycles. The molecule has 1 aliphatic heterocycles. The standard InChI is InChI=1S/C15H17NO6S/c1-9-11(13(17)18)5-2-6-12(9)23(21,22)16-7-3-4-10-8-15(10,16)14(19)20/h2,5-6,10H,3-4,7-8H2,1H3,(H,17,18)(H,19,20)/t10-,15+/m1/s1. The van der Waals surface area contributed by atoms with Crippen LogP contribution in [-0.2, 0) is 14.8 Å². The molecule has 1 aromatic rings. The smallest absolute Gasteiger partial charge is 0.335 e. The van der Waals surface area contributed by atoms with Crippen LogP contribution in [-0.4, -0.2) is 47.0 Å². The summed E-state index contributed by atoms with van der Waals surface area (Å²) in [5.41, 5.74) is -1.33. The van der Waals surface area contributed by atoms with E-state index in [-0.39, 0.29) is 28.5 Å². The van der Waals surface area contributed by atoms with Crippen LogP contribution >= 0.6 is 0 Å². The fraction of sp³-hybridized carbons (Fsp3) is 0.467. The molecule has 0 amide bonds. The third-order valence-electron chi connectivity index (χ3n) is 4.88. The van der Waals surface area contributed by atoms with Gasteiger partial charge in [-0.3, -0.25) is 4.79 Å². The van der Waals surface area contributed by atoms with Crippen LogP contribution < -0.4 is 0 Å². The van der Waals surface area contributed by atoms with Gasteiger partial charge in [0, 0.05) is 6.54 Å². The molecule has 1 heterocycles. The molecular formula is C15H17NO6S. The van der Waals surface area contributed by atoms with E-state index in [1.54, 1.807) is 0 Å². The Kier molecular flexibility index (Phi) is 3.49. The minimum absolute atomic E-state index is 0.0974. The van der Waals surface area contributed by atoms with Gasteiger partial charge < -0.3 is 10.2 Å². The highest BCUT2D eigenvalue weighted by Gasteiger charge is 2.68. The van der Waals surface area contributed by atoms with E-state index >= 15 is 0 Å². The van der Waals surface area contributed by atoms with Crippen molar-refractivity contribution in [1.82, 2.24) is 4.31 Å². The van der Waals surface area contributed by atoms with Crippen LogP contribution in [0.4, 0.5) is 0 Å². The number of piperidine rings is 1. The van der Waals surface area contributed by atoms with Crippen molar-refractivity contribution in [3.8, 4) is 0 Å². The van der Waals surface area contributed by atoms with Crippen molar-refractivity contribution in [2.45, 2.75) is 36.6 Å². The van der Waals surface area contributed by atoms with E-state index in [1.807, 2.05) is 0 Å². The minimum atomic E-state index is -4.07. The number of rotatable bonds is 4. The lowest BCUT2D eigenvalue weighted by Gasteiger charge is -2.33. The number of aromatic carboxylic acids is 1. The van der Waals surface area contributed by atoms with Crippen molar-refractivity contribution in [3.63, 3.8) is 0 Å². The first kappa shape index (κ1) is 15.9. The average molecular weight is 339 g/mol. The summed E-state index contributed by atoms with van der Waals surface area (Å²) in [5, 5.41) is 18.7. The SMILES string of the molecule is Cc1c(C(=O)O)cccc1S(=O)(=O)N1CCC[C@@H]2C[C@@]21C(=O)O. The molecule has 0 spiro atoms. The molecule has 3 rings (SSSR count).